The lowest BCUT2D eigenvalue weighted by Gasteiger charge is -2.36. The highest BCUT2D eigenvalue weighted by molar-refractivity contribution is 4.76. The van der Waals surface area contributed by atoms with Gasteiger partial charge in [-0.3, -0.25) is 0 Å². The van der Waals surface area contributed by atoms with E-state index in [2.05, 4.69) is 53.5 Å². The summed E-state index contributed by atoms with van der Waals surface area (Å²) >= 11 is 0. The van der Waals surface area contributed by atoms with Gasteiger partial charge in [0.15, 0.2) is 0 Å². The van der Waals surface area contributed by atoms with Crippen molar-refractivity contribution in [3.05, 3.63) is 0 Å². The van der Waals surface area contributed by atoms with Crippen molar-refractivity contribution in [2.45, 2.75) is 112 Å². The SMILES string of the molecule is CCCC(C)CCC.CCCCC.CCCCCC1CN(C)C1. The van der Waals surface area contributed by atoms with E-state index in [1.54, 1.807) is 0 Å². The van der Waals surface area contributed by atoms with Crippen LogP contribution in [0.15, 0.2) is 0 Å². The predicted molar refractivity (Wildman–Crippen MR) is 109 cm³/mol. The Balaban J connectivity index is 0. The minimum atomic E-state index is 0.963. The summed E-state index contributed by atoms with van der Waals surface area (Å²) in [5.41, 5.74) is 0. The first-order valence-corrected chi connectivity index (χ1v) is 10.7. The maximum Gasteiger partial charge on any atom is 0.00190 e. The third kappa shape index (κ3) is 19.9. The van der Waals surface area contributed by atoms with Gasteiger partial charge >= 0.3 is 0 Å². The third-order valence-electron chi connectivity index (χ3n) is 4.63. The maximum atomic E-state index is 2.40. The molecule has 0 radical (unpaired) electrons. The number of rotatable bonds is 10. The van der Waals surface area contributed by atoms with Gasteiger partial charge in [0.2, 0.25) is 0 Å². The first-order valence-electron chi connectivity index (χ1n) is 10.7. The second-order valence-electron chi connectivity index (χ2n) is 7.62. The zero-order valence-electron chi connectivity index (χ0n) is 17.8. The van der Waals surface area contributed by atoms with Crippen LogP contribution in [-0.4, -0.2) is 25.0 Å². The van der Waals surface area contributed by atoms with Gasteiger partial charge in [-0.1, -0.05) is 106 Å². The first kappa shape index (κ1) is 25.2. The molecule has 1 heteroatoms. The summed E-state index contributed by atoms with van der Waals surface area (Å²) in [7, 11) is 2.20. The average molecular weight is 328 g/mol. The highest BCUT2D eigenvalue weighted by Crippen LogP contribution is 2.19. The Bertz CT molecular complexity index is 188. The summed E-state index contributed by atoms with van der Waals surface area (Å²) in [5.74, 6) is 2.00. The second-order valence-corrected chi connectivity index (χ2v) is 7.62. The molecule has 1 fully saturated rings. The molecule has 0 aromatic rings. The Morgan fingerprint density at radius 3 is 1.52 bits per heavy atom. The van der Waals surface area contributed by atoms with Gasteiger partial charge in [0.1, 0.15) is 0 Å². The molecule has 1 aliphatic heterocycles. The smallest absolute Gasteiger partial charge is 0.00190 e. The Hall–Kier alpha value is -0.0400. The highest BCUT2D eigenvalue weighted by atomic mass is 15.2. The predicted octanol–water partition coefficient (Wildman–Crippen LogP) is 7.55. The molecule has 0 unspecified atom stereocenters. The molecule has 0 bridgehead atoms. The van der Waals surface area contributed by atoms with Crippen molar-refractivity contribution in [1.29, 1.82) is 0 Å². The molecule has 142 valence electrons. The summed E-state index contributed by atoms with van der Waals surface area (Å²) < 4.78 is 0. The van der Waals surface area contributed by atoms with Gasteiger partial charge < -0.3 is 4.90 Å². The summed E-state index contributed by atoms with van der Waals surface area (Å²) in [6, 6.07) is 0. The molecule has 1 heterocycles. The van der Waals surface area contributed by atoms with E-state index >= 15 is 0 Å². The molecule has 1 rings (SSSR count). The number of hydrogen-bond acceptors (Lipinski definition) is 1. The Morgan fingerprint density at radius 1 is 0.739 bits per heavy atom. The van der Waals surface area contributed by atoms with Crippen molar-refractivity contribution in [3.63, 3.8) is 0 Å². The minimum absolute atomic E-state index is 0.963. The van der Waals surface area contributed by atoms with E-state index in [9.17, 15) is 0 Å². The number of hydrogen-bond donors (Lipinski definition) is 0. The second kappa shape index (κ2) is 20.0. The molecule has 1 aliphatic rings. The van der Waals surface area contributed by atoms with Crippen LogP contribution in [-0.2, 0) is 0 Å². The van der Waals surface area contributed by atoms with Gasteiger partial charge in [0.25, 0.3) is 0 Å². The fourth-order valence-corrected chi connectivity index (χ4v) is 3.18. The molecular formula is C22H49N. The molecule has 0 aromatic heterocycles. The van der Waals surface area contributed by atoms with Crippen molar-refractivity contribution < 1.29 is 0 Å². The molecule has 1 saturated heterocycles. The van der Waals surface area contributed by atoms with Crippen molar-refractivity contribution in [2.24, 2.45) is 11.8 Å². The van der Waals surface area contributed by atoms with Gasteiger partial charge in [-0.05, 0) is 25.3 Å². The van der Waals surface area contributed by atoms with E-state index in [0.29, 0.717) is 0 Å². The quantitative estimate of drug-likeness (QED) is 0.374. The summed E-state index contributed by atoms with van der Waals surface area (Å²) in [6.07, 6.45) is 15.3. The van der Waals surface area contributed by atoms with E-state index in [4.69, 9.17) is 0 Å². The van der Waals surface area contributed by atoms with E-state index in [-0.39, 0.29) is 0 Å². The third-order valence-corrected chi connectivity index (χ3v) is 4.63. The number of nitrogens with zero attached hydrogens (tertiary/aromatic N) is 1. The van der Waals surface area contributed by atoms with Crippen molar-refractivity contribution in [1.82, 2.24) is 4.90 Å². The number of likely N-dealkylation sites (tertiary alicyclic amines) is 1. The molecule has 0 saturated carbocycles. The van der Waals surface area contributed by atoms with Crippen LogP contribution in [0.1, 0.15) is 112 Å². The van der Waals surface area contributed by atoms with Crippen LogP contribution in [0, 0.1) is 11.8 Å². The molecule has 0 amide bonds. The van der Waals surface area contributed by atoms with Crippen LogP contribution >= 0.6 is 0 Å². The van der Waals surface area contributed by atoms with E-state index in [0.717, 1.165) is 11.8 Å². The van der Waals surface area contributed by atoms with E-state index < -0.39 is 0 Å². The molecule has 1 nitrogen and oxygen atoms in total. The monoisotopic (exact) mass is 327 g/mol. The van der Waals surface area contributed by atoms with Gasteiger partial charge in [0, 0.05) is 13.1 Å². The van der Waals surface area contributed by atoms with Crippen LogP contribution in [0.2, 0.25) is 0 Å². The van der Waals surface area contributed by atoms with Crippen LogP contribution in [0.3, 0.4) is 0 Å². The minimum Gasteiger partial charge on any atom is -0.306 e. The number of unbranched alkanes of at least 4 members (excludes halogenated alkanes) is 4. The maximum absolute atomic E-state index is 2.40. The summed E-state index contributed by atoms with van der Waals surface area (Å²) in [4.78, 5) is 2.40. The molecule has 0 atom stereocenters. The van der Waals surface area contributed by atoms with E-state index in [1.165, 1.54) is 83.7 Å². The fraction of sp³-hybridized carbons (Fsp3) is 1.00. The summed E-state index contributed by atoms with van der Waals surface area (Å²) in [5, 5.41) is 0. The topological polar surface area (TPSA) is 3.24 Å². The van der Waals surface area contributed by atoms with Crippen molar-refractivity contribution in [2.75, 3.05) is 20.1 Å². The van der Waals surface area contributed by atoms with Gasteiger partial charge in [0.05, 0.1) is 0 Å². The van der Waals surface area contributed by atoms with Gasteiger partial charge in [-0.2, -0.15) is 0 Å². The largest absolute Gasteiger partial charge is 0.306 e. The lowest BCUT2D eigenvalue weighted by atomic mass is 9.94. The van der Waals surface area contributed by atoms with Crippen molar-refractivity contribution in [3.8, 4) is 0 Å². The molecular weight excluding hydrogens is 278 g/mol. The Kier molecular flexibility index (Phi) is 21.9. The van der Waals surface area contributed by atoms with Crippen LogP contribution in [0.25, 0.3) is 0 Å². The fourth-order valence-electron chi connectivity index (χ4n) is 3.18. The highest BCUT2D eigenvalue weighted by Gasteiger charge is 2.21. The summed E-state index contributed by atoms with van der Waals surface area (Å²) in [6.45, 7) is 16.2. The van der Waals surface area contributed by atoms with Crippen LogP contribution in [0.5, 0.6) is 0 Å². The molecule has 0 spiro atoms. The first-order chi connectivity index (χ1) is 11.0. The van der Waals surface area contributed by atoms with Gasteiger partial charge in [-0.25, -0.2) is 0 Å². The molecule has 23 heavy (non-hydrogen) atoms. The standard InChI is InChI=1S/C9H19N.C8H18.C5H12/c1-3-4-5-6-9-7-10(2)8-9;1-4-6-8(3)7-5-2;1-3-5-4-2/h9H,3-8H2,1-2H3;8H,4-7H2,1-3H3;3-5H2,1-2H3. The van der Waals surface area contributed by atoms with Gasteiger partial charge in [-0.15, -0.1) is 0 Å². The van der Waals surface area contributed by atoms with Crippen LogP contribution in [0.4, 0.5) is 0 Å². The molecule has 0 N–H and O–H groups in total. The van der Waals surface area contributed by atoms with Crippen LogP contribution < -0.4 is 0 Å². The lowest BCUT2D eigenvalue weighted by Crippen LogP contribution is -2.43. The zero-order chi connectivity index (χ0) is 17.9. The van der Waals surface area contributed by atoms with E-state index in [1.807, 2.05) is 0 Å². The Labute approximate surface area is 149 Å². The lowest BCUT2D eigenvalue weighted by molar-refractivity contribution is 0.124. The van der Waals surface area contributed by atoms with Crippen molar-refractivity contribution >= 4 is 0 Å². The molecule has 0 aliphatic carbocycles. The zero-order valence-corrected chi connectivity index (χ0v) is 17.8. The average Bonchev–Trinajstić information content (AvgIpc) is 2.48. The molecule has 0 aromatic carbocycles. The Morgan fingerprint density at radius 2 is 1.22 bits per heavy atom. The normalized spacial score (nSPS) is 14.6.